The van der Waals surface area contributed by atoms with Crippen LogP contribution in [-0.4, -0.2) is 47.5 Å². The molecule has 2 heterocycles. The highest BCUT2D eigenvalue weighted by Crippen LogP contribution is 2.22. The second-order valence-corrected chi connectivity index (χ2v) is 6.35. The van der Waals surface area contributed by atoms with E-state index >= 15 is 0 Å². The number of ether oxygens (including phenoxy) is 1. The summed E-state index contributed by atoms with van der Waals surface area (Å²) in [6.45, 7) is 1.55. The lowest BCUT2D eigenvalue weighted by Gasteiger charge is -2.25. The number of benzene rings is 1. The number of nitrogens with one attached hydrogen (secondary N) is 2. The number of halogens is 1. The van der Waals surface area contributed by atoms with Gasteiger partial charge in [-0.25, -0.2) is 9.67 Å². The van der Waals surface area contributed by atoms with E-state index < -0.39 is 0 Å². The van der Waals surface area contributed by atoms with Gasteiger partial charge in [-0.1, -0.05) is 17.7 Å². The molecule has 1 unspecified atom stereocenters. The molecule has 1 aromatic heterocycles. The van der Waals surface area contributed by atoms with Crippen LogP contribution in [0.15, 0.2) is 29.5 Å². The molecule has 1 aromatic carbocycles. The van der Waals surface area contributed by atoms with Crippen molar-refractivity contribution >= 4 is 17.6 Å². The first kappa shape index (κ1) is 17.5. The van der Waals surface area contributed by atoms with Crippen molar-refractivity contribution in [3.05, 3.63) is 40.9 Å². The fourth-order valence-electron chi connectivity index (χ4n) is 2.92. The average Bonchev–Trinajstić information content (AvgIpc) is 3.09. The molecule has 7 nitrogen and oxygen atoms in total. The lowest BCUT2D eigenvalue weighted by atomic mass is 10.1. The van der Waals surface area contributed by atoms with Crippen molar-refractivity contribution in [1.82, 2.24) is 25.4 Å². The number of aromatic nitrogens is 3. The van der Waals surface area contributed by atoms with Gasteiger partial charge in [0.15, 0.2) is 5.96 Å². The first-order valence-corrected chi connectivity index (χ1v) is 8.73. The highest BCUT2D eigenvalue weighted by Gasteiger charge is 2.20. The summed E-state index contributed by atoms with van der Waals surface area (Å²) in [5.41, 5.74) is 1.08. The van der Waals surface area contributed by atoms with Gasteiger partial charge in [-0.05, 0) is 30.5 Å². The van der Waals surface area contributed by atoms with Crippen molar-refractivity contribution in [3.63, 3.8) is 0 Å². The van der Waals surface area contributed by atoms with Gasteiger partial charge in [0.1, 0.15) is 17.9 Å². The van der Waals surface area contributed by atoms with E-state index in [0.717, 1.165) is 60.5 Å². The Kier molecular flexibility index (Phi) is 5.75. The number of rotatable bonds is 5. The third-order valence-electron chi connectivity index (χ3n) is 4.32. The number of fused-ring (bicyclic) bond motifs is 1. The molecule has 0 saturated carbocycles. The molecule has 1 aliphatic heterocycles. The zero-order chi connectivity index (χ0) is 17.6. The molecule has 3 rings (SSSR count). The van der Waals surface area contributed by atoms with E-state index in [-0.39, 0.29) is 0 Å². The summed E-state index contributed by atoms with van der Waals surface area (Å²) in [5, 5.41) is 11.8. The Balaban J connectivity index is 1.48. The molecular weight excluding hydrogens is 340 g/mol. The van der Waals surface area contributed by atoms with Gasteiger partial charge >= 0.3 is 0 Å². The first-order chi connectivity index (χ1) is 12.2. The summed E-state index contributed by atoms with van der Waals surface area (Å²) >= 11 is 6.28. The van der Waals surface area contributed by atoms with E-state index in [2.05, 4.69) is 25.7 Å². The number of methoxy groups -OCH3 is 1. The Bertz CT molecular complexity index is 744. The number of hydrogen-bond acceptors (Lipinski definition) is 4. The lowest BCUT2D eigenvalue weighted by Crippen LogP contribution is -2.47. The maximum absolute atomic E-state index is 6.28. The fourth-order valence-corrected chi connectivity index (χ4v) is 3.18. The van der Waals surface area contributed by atoms with Gasteiger partial charge < -0.3 is 15.4 Å². The van der Waals surface area contributed by atoms with Gasteiger partial charge in [0.05, 0.1) is 13.7 Å². The van der Waals surface area contributed by atoms with Gasteiger partial charge in [0, 0.05) is 31.1 Å². The van der Waals surface area contributed by atoms with Gasteiger partial charge in [-0.15, -0.1) is 0 Å². The van der Waals surface area contributed by atoms with Gasteiger partial charge in [0.2, 0.25) is 0 Å². The van der Waals surface area contributed by atoms with Crippen LogP contribution < -0.4 is 15.4 Å². The van der Waals surface area contributed by atoms with Crippen molar-refractivity contribution in [2.45, 2.75) is 31.8 Å². The Morgan fingerprint density at radius 1 is 1.48 bits per heavy atom. The summed E-state index contributed by atoms with van der Waals surface area (Å²) in [6.07, 6.45) is 4.37. The minimum atomic E-state index is 0.296. The highest BCUT2D eigenvalue weighted by atomic mass is 35.5. The van der Waals surface area contributed by atoms with E-state index in [1.165, 1.54) is 0 Å². The third kappa shape index (κ3) is 4.42. The minimum absolute atomic E-state index is 0.296. The monoisotopic (exact) mass is 362 g/mol. The molecule has 134 valence electrons. The van der Waals surface area contributed by atoms with E-state index in [9.17, 15) is 0 Å². The van der Waals surface area contributed by atoms with E-state index in [1.807, 2.05) is 22.9 Å². The van der Waals surface area contributed by atoms with Crippen molar-refractivity contribution in [3.8, 4) is 5.75 Å². The second-order valence-electron chi connectivity index (χ2n) is 5.94. The van der Waals surface area contributed by atoms with Crippen molar-refractivity contribution in [2.24, 2.45) is 4.99 Å². The zero-order valence-electron chi connectivity index (χ0n) is 14.5. The molecule has 1 atom stereocenters. The maximum Gasteiger partial charge on any atom is 0.191 e. The van der Waals surface area contributed by atoms with Gasteiger partial charge in [-0.3, -0.25) is 4.99 Å². The number of hydrogen-bond donors (Lipinski definition) is 2. The lowest BCUT2D eigenvalue weighted by molar-refractivity contribution is 0.393. The quantitative estimate of drug-likeness (QED) is 0.625. The topological polar surface area (TPSA) is 76.4 Å². The molecule has 25 heavy (non-hydrogen) atoms. The largest absolute Gasteiger partial charge is 0.497 e. The molecule has 0 radical (unpaired) electrons. The predicted octanol–water partition coefficient (Wildman–Crippen LogP) is 1.66. The van der Waals surface area contributed by atoms with Crippen molar-refractivity contribution in [2.75, 3.05) is 20.7 Å². The highest BCUT2D eigenvalue weighted by molar-refractivity contribution is 6.31. The molecule has 0 aliphatic carbocycles. The van der Waals surface area contributed by atoms with E-state index in [0.29, 0.717) is 6.04 Å². The fraction of sp³-hybridized carbons (Fsp3) is 0.471. The van der Waals surface area contributed by atoms with E-state index in [4.69, 9.17) is 16.3 Å². The maximum atomic E-state index is 6.28. The smallest absolute Gasteiger partial charge is 0.191 e. The summed E-state index contributed by atoms with van der Waals surface area (Å²) in [7, 11) is 3.41. The Morgan fingerprint density at radius 2 is 2.36 bits per heavy atom. The van der Waals surface area contributed by atoms with Crippen LogP contribution >= 0.6 is 11.6 Å². The Morgan fingerprint density at radius 3 is 3.12 bits per heavy atom. The normalized spacial score (nSPS) is 17.1. The number of aryl methyl sites for hydroxylation is 1. The van der Waals surface area contributed by atoms with Gasteiger partial charge in [-0.2, -0.15) is 5.10 Å². The summed E-state index contributed by atoms with van der Waals surface area (Å²) in [4.78, 5) is 8.55. The molecule has 2 N–H and O–H groups in total. The molecule has 0 fully saturated rings. The van der Waals surface area contributed by atoms with Crippen molar-refractivity contribution < 1.29 is 4.74 Å². The summed E-state index contributed by atoms with van der Waals surface area (Å²) in [6, 6.07) is 6.05. The van der Waals surface area contributed by atoms with Crippen LogP contribution in [-0.2, 0) is 19.4 Å². The minimum Gasteiger partial charge on any atom is -0.497 e. The molecule has 0 amide bonds. The molecule has 0 spiro atoms. The molecule has 1 aliphatic rings. The second kappa shape index (κ2) is 8.20. The third-order valence-corrected chi connectivity index (χ3v) is 4.67. The van der Waals surface area contributed by atoms with Crippen LogP contribution in [0.25, 0.3) is 0 Å². The van der Waals surface area contributed by atoms with Crippen LogP contribution in [0.3, 0.4) is 0 Å². The van der Waals surface area contributed by atoms with Crippen LogP contribution in [0.4, 0.5) is 0 Å². The Labute approximate surface area is 152 Å². The zero-order valence-corrected chi connectivity index (χ0v) is 15.3. The standard InChI is InChI=1S/C17H23ClN6O/c1-19-17(23-13-4-6-16-21-11-22-24(16)10-13)20-8-7-12-3-5-14(25-2)9-15(12)18/h3,5,9,11,13H,4,6-8,10H2,1-2H3,(H2,19,20,23). The molecule has 0 bridgehead atoms. The first-order valence-electron chi connectivity index (χ1n) is 8.36. The summed E-state index contributed by atoms with van der Waals surface area (Å²) in [5.74, 6) is 2.61. The van der Waals surface area contributed by atoms with E-state index in [1.54, 1.807) is 20.5 Å². The molecular formula is C17H23ClN6O. The van der Waals surface area contributed by atoms with Gasteiger partial charge in [0.25, 0.3) is 0 Å². The molecule has 2 aromatic rings. The average molecular weight is 363 g/mol. The van der Waals surface area contributed by atoms with Crippen LogP contribution in [0, 0.1) is 0 Å². The number of aliphatic imine (C=N–C) groups is 1. The molecule has 8 heteroatoms. The number of nitrogens with zero attached hydrogens (tertiary/aromatic N) is 4. The van der Waals surface area contributed by atoms with Crippen LogP contribution in [0.5, 0.6) is 5.75 Å². The van der Waals surface area contributed by atoms with Crippen LogP contribution in [0.2, 0.25) is 5.02 Å². The summed E-state index contributed by atoms with van der Waals surface area (Å²) < 4.78 is 7.12. The number of guanidine groups is 1. The Hall–Kier alpha value is -2.28. The van der Waals surface area contributed by atoms with Crippen molar-refractivity contribution in [1.29, 1.82) is 0 Å². The van der Waals surface area contributed by atoms with Crippen LogP contribution in [0.1, 0.15) is 17.8 Å². The SMILES string of the molecule is CN=C(NCCc1ccc(OC)cc1Cl)NC1CCc2ncnn2C1. The molecule has 0 saturated heterocycles. The predicted molar refractivity (Wildman–Crippen MR) is 98.3 cm³/mol.